The van der Waals surface area contributed by atoms with Crippen molar-refractivity contribution in [1.29, 1.82) is 0 Å². The largest absolute Gasteiger partial charge is 0.469 e. The Labute approximate surface area is 223 Å². The van der Waals surface area contributed by atoms with Crippen LogP contribution in [0.25, 0.3) is 0 Å². The molecule has 1 aliphatic rings. The van der Waals surface area contributed by atoms with Crippen LogP contribution in [0.1, 0.15) is 64.7 Å². The van der Waals surface area contributed by atoms with E-state index in [0.717, 1.165) is 37.8 Å². The summed E-state index contributed by atoms with van der Waals surface area (Å²) in [6.07, 6.45) is 17.8. The highest BCUT2D eigenvalue weighted by molar-refractivity contribution is 6.70. The van der Waals surface area contributed by atoms with Gasteiger partial charge >= 0.3 is 5.97 Å². The van der Waals surface area contributed by atoms with E-state index >= 15 is 0 Å². The van der Waals surface area contributed by atoms with E-state index in [0.29, 0.717) is 6.42 Å². The second-order valence-corrected chi connectivity index (χ2v) is 20.7. The smallest absolute Gasteiger partial charge is 0.305 e. The quantitative estimate of drug-likeness (QED) is 0.0630. The average Bonchev–Trinajstić information content (AvgIpc) is 3.07. The first-order chi connectivity index (χ1) is 16.9. The van der Waals surface area contributed by atoms with Gasteiger partial charge in [0, 0.05) is 24.7 Å². The third-order valence-corrected chi connectivity index (χ3v) is 8.15. The lowest BCUT2D eigenvalue weighted by Gasteiger charge is -2.29. The molecular formula is C28H53NO5Si2. The van der Waals surface area contributed by atoms with Crippen LogP contribution in [0.3, 0.4) is 0 Å². The second-order valence-electron chi connectivity index (χ2n) is 11.7. The number of methoxy groups -OCH3 is 1. The van der Waals surface area contributed by atoms with Gasteiger partial charge in [-0.3, -0.25) is 4.79 Å². The molecule has 0 heterocycles. The Kier molecular flexibility index (Phi) is 15.1. The molecule has 4 atom stereocenters. The van der Waals surface area contributed by atoms with Crippen molar-refractivity contribution in [2.75, 3.05) is 14.2 Å². The van der Waals surface area contributed by atoms with Crippen LogP contribution in [0.2, 0.25) is 39.3 Å². The summed E-state index contributed by atoms with van der Waals surface area (Å²) in [5, 5.41) is 4.43. The molecule has 0 aromatic rings. The van der Waals surface area contributed by atoms with Gasteiger partial charge in [0.25, 0.3) is 0 Å². The standard InChI is InChI=1S/C28H53NO5Si2/c1-10-11-14-17-23(33-35(4,5)6)20-21-25-24(18-15-12-13-16-19-28(30)31-2)26(29-32-3)22-27(25)34-36(7,8)9/h12,15,20-21,23-25,27H,10-11,13-14,16-19,22H2,1-9H3/b15-12-,21-20+,29-26-/t23-,24+,25+,27+/m0/s1. The van der Waals surface area contributed by atoms with Gasteiger partial charge in [-0.25, -0.2) is 0 Å². The van der Waals surface area contributed by atoms with E-state index in [1.165, 1.54) is 26.4 Å². The Bertz CT molecular complexity index is 724. The molecule has 6 nitrogen and oxygen atoms in total. The third kappa shape index (κ3) is 13.9. The Morgan fingerprint density at radius 2 is 1.78 bits per heavy atom. The number of carbonyl (C=O) groups excluding carboxylic acids is 1. The van der Waals surface area contributed by atoms with Crippen LogP contribution in [0.4, 0.5) is 0 Å². The van der Waals surface area contributed by atoms with Gasteiger partial charge in [0.1, 0.15) is 7.11 Å². The number of unbranched alkanes of at least 4 members (excludes halogenated alkanes) is 3. The van der Waals surface area contributed by atoms with Gasteiger partial charge in [0.15, 0.2) is 16.6 Å². The first-order valence-corrected chi connectivity index (χ1v) is 20.6. The van der Waals surface area contributed by atoms with Crippen LogP contribution in [-0.2, 0) is 23.2 Å². The number of oxime groups is 1. The van der Waals surface area contributed by atoms with E-state index in [4.69, 9.17) is 18.4 Å². The Balaban J connectivity index is 3.09. The zero-order valence-electron chi connectivity index (χ0n) is 24.5. The molecule has 1 saturated carbocycles. The van der Waals surface area contributed by atoms with Crippen molar-refractivity contribution in [3.63, 3.8) is 0 Å². The van der Waals surface area contributed by atoms with Crippen LogP contribution < -0.4 is 0 Å². The molecule has 208 valence electrons. The monoisotopic (exact) mass is 539 g/mol. The van der Waals surface area contributed by atoms with Crippen molar-refractivity contribution in [2.45, 2.75) is 116 Å². The summed E-state index contributed by atoms with van der Waals surface area (Å²) in [7, 11) is -0.354. The highest BCUT2D eigenvalue weighted by Gasteiger charge is 2.42. The van der Waals surface area contributed by atoms with Gasteiger partial charge in [-0.2, -0.15) is 0 Å². The summed E-state index contributed by atoms with van der Waals surface area (Å²) in [6.45, 7) is 15.8. The number of esters is 1. The minimum absolute atomic E-state index is 0.0997. The fraction of sp³-hybridized carbons (Fsp3) is 0.786. The van der Waals surface area contributed by atoms with E-state index in [1.54, 1.807) is 7.11 Å². The summed E-state index contributed by atoms with van der Waals surface area (Å²) in [6, 6.07) is 0. The first kappa shape index (κ1) is 32.8. The molecule has 1 aliphatic carbocycles. The molecule has 0 bridgehead atoms. The van der Waals surface area contributed by atoms with E-state index < -0.39 is 16.6 Å². The number of carbonyl (C=O) groups is 1. The molecule has 36 heavy (non-hydrogen) atoms. The van der Waals surface area contributed by atoms with Crippen molar-refractivity contribution >= 4 is 28.3 Å². The van der Waals surface area contributed by atoms with Crippen LogP contribution >= 0.6 is 0 Å². The molecule has 1 rings (SSSR count). The highest BCUT2D eigenvalue weighted by atomic mass is 28.4. The van der Waals surface area contributed by atoms with Crippen LogP contribution in [0.15, 0.2) is 29.5 Å². The van der Waals surface area contributed by atoms with Gasteiger partial charge < -0.3 is 18.4 Å². The van der Waals surface area contributed by atoms with Crippen molar-refractivity contribution in [3.05, 3.63) is 24.3 Å². The molecule has 0 aromatic heterocycles. The van der Waals surface area contributed by atoms with Gasteiger partial charge in [-0.1, -0.05) is 55.6 Å². The molecule has 0 spiro atoms. The Morgan fingerprint density at radius 3 is 2.36 bits per heavy atom. The maximum absolute atomic E-state index is 11.4. The zero-order valence-corrected chi connectivity index (χ0v) is 26.5. The van der Waals surface area contributed by atoms with E-state index in [-0.39, 0.29) is 30.0 Å². The minimum Gasteiger partial charge on any atom is -0.469 e. The van der Waals surface area contributed by atoms with Gasteiger partial charge in [0.05, 0.1) is 25.0 Å². The number of hydrogen-bond donors (Lipinski definition) is 0. The molecular weight excluding hydrogens is 486 g/mol. The van der Waals surface area contributed by atoms with Crippen molar-refractivity contribution < 1.29 is 23.2 Å². The zero-order chi connectivity index (χ0) is 27.2. The Hall–Kier alpha value is -1.23. The Morgan fingerprint density at radius 1 is 1.06 bits per heavy atom. The molecule has 0 N–H and O–H groups in total. The molecule has 0 aromatic carbocycles. The van der Waals surface area contributed by atoms with Crippen LogP contribution in [0, 0.1) is 11.8 Å². The predicted molar refractivity (Wildman–Crippen MR) is 155 cm³/mol. The average molecular weight is 540 g/mol. The van der Waals surface area contributed by atoms with Gasteiger partial charge in [-0.15, -0.1) is 0 Å². The lowest BCUT2D eigenvalue weighted by atomic mass is 9.89. The molecule has 0 radical (unpaired) electrons. The summed E-state index contributed by atoms with van der Waals surface area (Å²) >= 11 is 0. The van der Waals surface area contributed by atoms with Gasteiger partial charge in [-0.05, 0) is 65.0 Å². The normalized spacial score (nSPS) is 23.1. The SMILES string of the molecule is CCCCC[C@@H](/C=C/[C@H]1[C@H](O[Si](C)(C)C)C/C(=N/OC)[C@@H]1C/C=C\CCCC(=O)OC)O[Si](C)(C)C. The molecule has 0 saturated heterocycles. The topological polar surface area (TPSA) is 66.4 Å². The first-order valence-electron chi connectivity index (χ1n) is 13.8. The lowest BCUT2D eigenvalue weighted by molar-refractivity contribution is -0.140. The van der Waals surface area contributed by atoms with Crippen molar-refractivity contribution in [2.24, 2.45) is 17.0 Å². The lowest BCUT2D eigenvalue weighted by Crippen LogP contribution is -2.35. The summed E-state index contributed by atoms with van der Waals surface area (Å²) in [5.74, 6) is 0.297. The molecule has 0 amide bonds. The number of nitrogens with zero attached hydrogens (tertiary/aromatic N) is 1. The van der Waals surface area contributed by atoms with E-state index in [1.807, 2.05) is 0 Å². The van der Waals surface area contributed by atoms with Crippen molar-refractivity contribution in [1.82, 2.24) is 0 Å². The maximum Gasteiger partial charge on any atom is 0.305 e. The number of rotatable bonds is 17. The van der Waals surface area contributed by atoms with Crippen LogP contribution in [-0.4, -0.2) is 54.7 Å². The molecule has 8 heteroatoms. The van der Waals surface area contributed by atoms with E-state index in [9.17, 15) is 4.79 Å². The molecule has 0 unspecified atom stereocenters. The number of allylic oxidation sites excluding steroid dienone is 2. The summed E-state index contributed by atoms with van der Waals surface area (Å²) in [4.78, 5) is 16.6. The fourth-order valence-electron chi connectivity index (χ4n) is 4.65. The fourth-order valence-corrected chi connectivity index (χ4v) is 6.90. The highest BCUT2D eigenvalue weighted by Crippen LogP contribution is 2.38. The second kappa shape index (κ2) is 16.6. The third-order valence-electron chi connectivity index (χ3n) is 6.13. The maximum atomic E-state index is 11.4. The van der Waals surface area contributed by atoms with Crippen LogP contribution in [0.5, 0.6) is 0 Å². The van der Waals surface area contributed by atoms with E-state index in [2.05, 4.69) is 75.7 Å². The minimum atomic E-state index is -1.75. The summed E-state index contributed by atoms with van der Waals surface area (Å²) in [5.41, 5.74) is 1.07. The number of ether oxygens (including phenoxy) is 1. The molecule has 1 fully saturated rings. The summed E-state index contributed by atoms with van der Waals surface area (Å²) < 4.78 is 18.0. The molecule has 0 aliphatic heterocycles. The predicted octanol–water partition coefficient (Wildman–Crippen LogP) is 7.49. The number of hydrogen-bond acceptors (Lipinski definition) is 6. The van der Waals surface area contributed by atoms with Gasteiger partial charge in [0.2, 0.25) is 0 Å². The van der Waals surface area contributed by atoms with Crippen molar-refractivity contribution in [3.8, 4) is 0 Å².